The molecule has 7 heteroatoms. The van der Waals surface area contributed by atoms with Crippen molar-refractivity contribution < 1.29 is 14.3 Å². The average molecular weight is 367 g/mol. The number of carbonyl (C=O) groups is 2. The van der Waals surface area contributed by atoms with E-state index < -0.39 is 11.8 Å². The molecule has 0 aliphatic rings. The Labute approximate surface area is 149 Å². The smallest absolute Gasteiger partial charge is 0.314 e. The SMILES string of the molecule is CC(C)Oc1ccc(NC(=O)C(=O)Nc2cccc(Cl)c2Cl)cc1. The van der Waals surface area contributed by atoms with Crippen LogP contribution in [0.2, 0.25) is 10.0 Å². The minimum Gasteiger partial charge on any atom is -0.491 e. The summed E-state index contributed by atoms with van der Waals surface area (Å²) in [6.45, 7) is 3.84. The third kappa shape index (κ3) is 4.88. The fourth-order valence-electron chi connectivity index (χ4n) is 1.86. The third-order valence-corrected chi connectivity index (χ3v) is 3.71. The summed E-state index contributed by atoms with van der Waals surface area (Å²) in [5, 5.41) is 5.37. The number of benzene rings is 2. The monoisotopic (exact) mass is 366 g/mol. The summed E-state index contributed by atoms with van der Waals surface area (Å²) in [4.78, 5) is 23.9. The van der Waals surface area contributed by atoms with Crippen LogP contribution in [0, 0.1) is 0 Å². The molecule has 2 rings (SSSR count). The maximum absolute atomic E-state index is 11.9. The topological polar surface area (TPSA) is 67.4 Å². The van der Waals surface area contributed by atoms with Gasteiger partial charge in [0.1, 0.15) is 5.75 Å². The number of carbonyl (C=O) groups excluding carboxylic acids is 2. The lowest BCUT2D eigenvalue weighted by molar-refractivity contribution is -0.132. The Balaban J connectivity index is 1.98. The van der Waals surface area contributed by atoms with E-state index in [1.54, 1.807) is 42.5 Å². The van der Waals surface area contributed by atoms with Gasteiger partial charge >= 0.3 is 11.8 Å². The molecule has 0 aliphatic carbocycles. The highest BCUT2D eigenvalue weighted by atomic mass is 35.5. The fourth-order valence-corrected chi connectivity index (χ4v) is 2.20. The molecule has 24 heavy (non-hydrogen) atoms. The molecule has 126 valence electrons. The summed E-state index contributed by atoms with van der Waals surface area (Å²) in [5.74, 6) is -0.983. The number of nitrogens with one attached hydrogen (secondary N) is 2. The van der Waals surface area contributed by atoms with E-state index in [2.05, 4.69) is 10.6 Å². The van der Waals surface area contributed by atoms with E-state index in [1.807, 2.05) is 13.8 Å². The summed E-state index contributed by atoms with van der Waals surface area (Å²) >= 11 is 11.8. The van der Waals surface area contributed by atoms with E-state index in [1.165, 1.54) is 0 Å². The molecule has 0 unspecified atom stereocenters. The number of anilines is 2. The Bertz CT molecular complexity index is 746. The van der Waals surface area contributed by atoms with Gasteiger partial charge in [0.25, 0.3) is 0 Å². The molecule has 2 amide bonds. The molecule has 2 N–H and O–H groups in total. The molecule has 0 saturated heterocycles. The molecule has 0 saturated carbocycles. The summed E-state index contributed by atoms with van der Waals surface area (Å²) in [6.07, 6.45) is 0.0543. The van der Waals surface area contributed by atoms with E-state index in [-0.39, 0.29) is 21.8 Å². The first-order valence-corrected chi connectivity index (χ1v) is 7.95. The molecule has 0 heterocycles. The van der Waals surface area contributed by atoms with Crippen LogP contribution in [0.25, 0.3) is 0 Å². The highest BCUT2D eigenvalue weighted by Crippen LogP contribution is 2.29. The zero-order chi connectivity index (χ0) is 17.7. The predicted molar refractivity (Wildman–Crippen MR) is 95.9 cm³/mol. The van der Waals surface area contributed by atoms with Crippen molar-refractivity contribution >= 4 is 46.4 Å². The highest BCUT2D eigenvalue weighted by molar-refractivity contribution is 6.47. The van der Waals surface area contributed by atoms with Gasteiger partial charge in [-0.3, -0.25) is 9.59 Å². The van der Waals surface area contributed by atoms with E-state index in [0.717, 1.165) is 0 Å². The highest BCUT2D eigenvalue weighted by Gasteiger charge is 2.16. The second-order valence-electron chi connectivity index (χ2n) is 5.20. The summed E-state index contributed by atoms with van der Waals surface area (Å²) in [6, 6.07) is 11.5. The first-order chi connectivity index (χ1) is 11.4. The average Bonchev–Trinajstić information content (AvgIpc) is 2.53. The molecule has 2 aromatic carbocycles. The van der Waals surface area contributed by atoms with Gasteiger partial charge in [-0.1, -0.05) is 29.3 Å². The van der Waals surface area contributed by atoms with Crippen LogP contribution < -0.4 is 15.4 Å². The van der Waals surface area contributed by atoms with Crippen molar-refractivity contribution in [1.82, 2.24) is 0 Å². The Kier molecular flexibility index (Phi) is 6.06. The number of ether oxygens (including phenoxy) is 1. The molecular weight excluding hydrogens is 351 g/mol. The van der Waals surface area contributed by atoms with Gasteiger partial charge in [-0.25, -0.2) is 0 Å². The Morgan fingerprint density at radius 3 is 2.21 bits per heavy atom. The van der Waals surface area contributed by atoms with Crippen molar-refractivity contribution in [2.75, 3.05) is 10.6 Å². The predicted octanol–water partition coefficient (Wildman–Crippen LogP) is 4.36. The van der Waals surface area contributed by atoms with Crippen LogP contribution in [-0.2, 0) is 9.59 Å². The van der Waals surface area contributed by atoms with E-state index in [9.17, 15) is 9.59 Å². The van der Waals surface area contributed by atoms with Gasteiger partial charge in [0.15, 0.2) is 0 Å². The van der Waals surface area contributed by atoms with E-state index in [0.29, 0.717) is 11.4 Å². The van der Waals surface area contributed by atoms with E-state index >= 15 is 0 Å². The fraction of sp³-hybridized carbons (Fsp3) is 0.176. The molecule has 0 bridgehead atoms. The van der Waals surface area contributed by atoms with Crippen LogP contribution in [0.3, 0.4) is 0 Å². The Hall–Kier alpha value is -2.24. The Morgan fingerprint density at radius 2 is 1.58 bits per heavy atom. The number of halogens is 2. The molecule has 0 aliphatic heterocycles. The van der Waals surface area contributed by atoms with Gasteiger partial charge in [0, 0.05) is 5.69 Å². The molecule has 0 radical (unpaired) electrons. The largest absolute Gasteiger partial charge is 0.491 e. The minimum absolute atomic E-state index is 0.0543. The quantitative estimate of drug-likeness (QED) is 0.790. The molecule has 5 nitrogen and oxygen atoms in total. The molecule has 0 spiro atoms. The van der Waals surface area contributed by atoms with Gasteiger partial charge in [0.2, 0.25) is 0 Å². The lowest BCUT2D eigenvalue weighted by Gasteiger charge is -2.11. The number of amides is 2. The van der Waals surface area contributed by atoms with Crippen LogP contribution in [0.1, 0.15) is 13.8 Å². The summed E-state index contributed by atoms with van der Waals surface area (Å²) in [7, 11) is 0. The van der Waals surface area contributed by atoms with Crippen LogP contribution >= 0.6 is 23.2 Å². The first kappa shape index (κ1) is 18.1. The summed E-state index contributed by atoms with van der Waals surface area (Å²) in [5.41, 5.74) is 0.744. The van der Waals surface area contributed by atoms with Crippen LogP contribution in [0.4, 0.5) is 11.4 Å². The second kappa shape index (κ2) is 8.04. The maximum atomic E-state index is 11.9. The molecule has 0 fully saturated rings. The standard InChI is InChI=1S/C17H16Cl2N2O3/c1-10(2)24-12-8-6-11(7-9-12)20-16(22)17(23)21-14-5-3-4-13(18)15(14)19/h3-10H,1-2H3,(H,20,22)(H,21,23). The van der Waals surface area contributed by atoms with Gasteiger partial charge in [-0.05, 0) is 50.2 Å². The van der Waals surface area contributed by atoms with Crippen LogP contribution in [0.15, 0.2) is 42.5 Å². The number of hydrogen-bond donors (Lipinski definition) is 2. The minimum atomic E-state index is -0.846. The number of hydrogen-bond acceptors (Lipinski definition) is 3. The van der Waals surface area contributed by atoms with Crippen molar-refractivity contribution in [3.05, 3.63) is 52.5 Å². The van der Waals surface area contributed by atoms with Crippen molar-refractivity contribution in [3.8, 4) is 5.75 Å². The molecule has 0 aromatic heterocycles. The van der Waals surface area contributed by atoms with Gasteiger partial charge in [-0.2, -0.15) is 0 Å². The summed E-state index contributed by atoms with van der Waals surface area (Å²) < 4.78 is 5.51. The lowest BCUT2D eigenvalue weighted by atomic mass is 10.3. The zero-order valence-electron chi connectivity index (χ0n) is 13.1. The van der Waals surface area contributed by atoms with Crippen molar-refractivity contribution in [2.45, 2.75) is 20.0 Å². The number of rotatable bonds is 4. The second-order valence-corrected chi connectivity index (χ2v) is 5.99. The van der Waals surface area contributed by atoms with Crippen molar-refractivity contribution in [3.63, 3.8) is 0 Å². The van der Waals surface area contributed by atoms with E-state index in [4.69, 9.17) is 27.9 Å². The van der Waals surface area contributed by atoms with Crippen molar-refractivity contribution in [1.29, 1.82) is 0 Å². The van der Waals surface area contributed by atoms with Gasteiger partial charge in [-0.15, -0.1) is 0 Å². The third-order valence-electron chi connectivity index (χ3n) is 2.89. The lowest BCUT2D eigenvalue weighted by Crippen LogP contribution is -2.29. The molecule has 2 aromatic rings. The normalized spacial score (nSPS) is 10.4. The van der Waals surface area contributed by atoms with Gasteiger partial charge in [0.05, 0.1) is 21.8 Å². The maximum Gasteiger partial charge on any atom is 0.314 e. The van der Waals surface area contributed by atoms with Crippen molar-refractivity contribution in [2.24, 2.45) is 0 Å². The molecular formula is C17H16Cl2N2O3. The van der Waals surface area contributed by atoms with Gasteiger partial charge < -0.3 is 15.4 Å². The van der Waals surface area contributed by atoms with Crippen LogP contribution in [0.5, 0.6) is 5.75 Å². The first-order valence-electron chi connectivity index (χ1n) is 7.20. The van der Waals surface area contributed by atoms with Crippen LogP contribution in [-0.4, -0.2) is 17.9 Å². The molecule has 0 atom stereocenters. The zero-order valence-corrected chi connectivity index (χ0v) is 14.6. The Morgan fingerprint density at radius 1 is 0.958 bits per heavy atom.